The normalized spacial score (nSPS) is 12.2. The van der Waals surface area contributed by atoms with Crippen LogP contribution >= 0.6 is 11.6 Å². The largest absolute Gasteiger partial charge is 0.383 e. The van der Waals surface area contributed by atoms with Crippen LogP contribution in [0.1, 0.15) is 19.0 Å². The van der Waals surface area contributed by atoms with Gasteiger partial charge in [-0.1, -0.05) is 30.2 Å². The van der Waals surface area contributed by atoms with E-state index in [0.29, 0.717) is 11.8 Å². The van der Waals surface area contributed by atoms with Gasteiger partial charge in [0.2, 0.25) is 0 Å². The second-order valence-corrected chi connectivity index (χ2v) is 4.90. The molecule has 0 saturated carbocycles. The van der Waals surface area contributed by atoms with Crippen LogP contribution in [0.5, 0.6) is 0 Å². The van der Waals surface area contributed by atoms with E-state index in [4.69, 9.17) is 16.3 Å². The van der Waals surface area contributed by atoms with Crippen molar-refractivity contribution in [2.75, 3.05) is 26.8 Å². The number of nitrogens with one attached hydrogen (secondary N) is 1. The summed E-state index contributed by atoms with van der Waals surface area (Å²) < 4.78 is 7.03. The highest BCUT2D eigenvalue weighted by Crippen LogP contribution is 2.21. The molecule has 0 fully saturated rings. The van der Waals surface area contributed by atoms with Crippen LogP contribution < -0.4 is 5.32 Å². The summed E-state index contributed by atoms with van der Waals surface area (Å²) in [5.41, 5.74) is 3.09. The predicted octanol–water partition coefficient (Wildman–Crippen LogP) is 3.02. The lowest BCUT2D eigenvalue weighted by atomic mass is 10.1. The summed E-state index contributed by atoms with van der Waals surface area (Å²) in [6.45, 7) is 4.53. The molecule has 2 rings (SSSR count). The number of hydrogen-bond acceptors (Lipinski definition) is 3. The fourth-order valence-corrected chi connectivity index (χ4v) is 2.24. The van der Waals surface area contributed by atoms with Gasteiger partial charge in [0.25, 0.3) is 0 Å². The van der Waals surface area contributed by atoms with Gasteiger partial charge in [0.15, 0.2) is 5.15 Å². The minimum atomic E-state index is 0.541. The van der Waals surface area contributed by atoms with Gasteiger partial charge >= 0.3 is 0 Å². The molecular formula is C15H20ClN3O. The third kappa shape index (κ3) is 3.60. The molecule has 1 N–H and O–H groups in total. The topological polar surface area (TPSA) is 38.6 Å². The second kappa shape index (κ2) is 7.43. The van der Waals surface area contributed by atoms with Crippen molar-refractivity contribution in [3.63, 3.8) is 0 Å². The summed E-state index contributed by atoms with van der Waals surface area (Å²) in [6.07, 6.45) is 5.06. The highest BCUT2D eigenvalue weighted by atomic mass is 35.5. The quantitative estimate of drug-likeness (QED) is 0.798. The van der Waals surface area contributed by atoms with Crippen LogP contribution in [0.4, 0.5) is 0 Å². The Hall–Kier alpha value is -1.36. The highest BCUT2D eigenvalue weighted by molar-refractivity contribution is 6.31. The second-order valence-electron chi connectivity index (χ2n) is 4.54. The molecule has 0 radical (unpaired) electrons. The minimum absolute atomic E-state index is 0.541. The number of hydrogen-bond donors (Lipinski definition) is 1. The van der Waals surface area contributed by atoms with Crippen LogP contribution in [0.15, 0.2) is 30.0 Å². The minimum Gasteiger partial charge on any atom is -0.383 e. The molecule has 0 aliphatic heterocycles. The van der Waals surface area contributed by atoms with Crippen molar-refractivity contribution in [1.82, 2.24) is 14.7 Å². The van der Waals surface area contributed by atoms with E-state index >= 15 is 0 Å². The van der Waals surface area contributed by atoms with Crippen molar-refractivity contribution in [1.29, 1.82) is 0 Å². The van der Waals surface area contributed by atoms with E-state index in [1.807, 2.05) is 28.8 Å². The lowest BCUT2D eigenvalue weighted by Gasteiger charge is -2.07. The summed E-state index contributed by atoms with van der Waals surface area (Å²) in [5.74, 6) is 0. The van der Waals surface area contributed by atoms with E-state index in [0.717, 1.165) is 30.9 Å². The van der Waals surface area contributed by atoms with Gasteiger partial charge in [0.05, 0.1) is 12.3 Å². The molecule has 0 amide bonds. The number of halogens is 1. The summed E-state index contributed by atoms with van der Waals surface area (Å²) in [4.78, 5) is 4.35. The zero-order chi connectivity index (χ0) is 14.4. The third-order valence-electron chi connectivity index (χ3n) is 3.15. The number of methoxy groups -OCH3 is 1. The average Bonchev–Trinajstić information content (AvgIpc) is 2.78. The molecule has 2 aromatic heterocycles. The van der Waals surface area contributed by atoms with Gasteiger partial charge in [-0.15, -0.1) is 0 Å². The number of rotatable bonds is 7. The first-order valence-corrected chi connectivity index (χ1v) is 7.15. The smallest absolute Gasteiger partial charge is 0.155 e. The molecule has 2 heterocycles. The van der Waals surface area contributed by atoms with Crippen LogP contribution in [-0.4, -0.2) is 36.2 Å². The zero-order valence-corrected chi connectivity index (χ0v) is 12.7. The van der Waals surface area contributed by atoms with Crippen LogP contribution in [-0.2, 0) is 4.74 Å². The Morgan fingerprint density at radius 2 is 2.35 bits per heavy atom. The van der Waals surface area contributed by atoms with Crippen LogP contribution in [0, 0.1) is 0 Å². The van der Waals surface area contributed by atoms with E-state index in [-0.39, 0.29) is 0 Å². The number of nitrogens with zero attached hydrogens (tertiary/aromatic N) is 2. The van der Waals surface area contributed by atoms with Crippen molar-refractivity contribution in [2.45, 2.75) is 13.3 Å². The van der Waals surface area contributed by atoms with Gasteiger partial charge in [-0.3, -0.25) is 4.40 Å². The zero-order valence-electron chi connectivity index (χ0n) is 11.9. The molecule has 0 aliphatic rings. The molecule has 20 heavy (non-hydrogen) atoms. The highest BCUT2D eigenvalue weighted by Gasteiger charge is 2.08. The molecule has 4 nitrogen and oxygen atoms in total. The molecule has 0 aliphatic carbocycles. The fraction of sp³-hybridized carbons (Fsp3) is 0.400. The lowest BCUT2D eigenvalue weighted by Crippen LogP contribution is -2.21. The van der Waals surface area contributed by atoms with Crippen molar-refractivity contribution < 1.29 is 4.74 Å². The van der Waals surface area contributed by atoms with Crippen LogP contribution in [0.2, 0.25) is 5.15 Å². The van der Waals surface area contributed by atoms with Crippen molar-refractivity contribution in [3.05, 3.63) is 40.8 Å². The van der Waals surface area contributed by atoms with Gasteiger partial charge in [-0.25, -0.2) is 4.98 Å². The molecule has 0 atom stereocenters. The van der Waals surface area contributed by atoms with Crippen molar-refractivity contribution in [3.8, 4) is 0 Å². The molecule has 0 aromatic carbocycles. The first kappa shape index (κ1) is 15.0. The van der Waals surface area contributed by atoms with Gasteiger partial charge in [0, 0.05) is 26.4 Å². The monoisotopic (exact) mass is 293 g/mol. The summed E-state index contributed by atoms with van der Waals surface area (Å²) in [7, 11) is 1.70. The Morgan fingerprint density at radius 3 is 3.10 bits per heavy atom. The Bertz CT molecular complexity index is 592. The molecule has 108 valence electrons. The fourth-order valence-electron chi connectivity index (χ4n) is 2.01. The first-order valence-electron chi connectivity index (χ1n) is 6.78. The van der Waals surface area contributed by atoms with Crippen molar-refractivity contribution in [2.24, 2.45) is 0 Å². The standard InChI is InChI=1S/C15H20ClN3O/c1-3-12(11-17-7-9-20-2)10-13-15(16)18-14-6-4-5-8-19(13)14/h4-6,8,10,17H,3,7,9,11H2,1-2H3. The number of aromatic nitrogens is 2. The molecule has 0 unspecified atom stereocenters. The number of pyridine rings is 1. The van der Waals surface area contributed by atoms with Crippen LogP contribution in [0.3, 0.4) is 0 Å². The molecule has 0 saturated heterocycles. The summed E-state index contributed by atoms with van der Waals surface area (Å²) in [6, 6.07) is 5.88. The average molecular weight is 294 g/mol. The van der Waals surface area contributed by atoms with Gasteiger partial charge in [0.1, 0.15) is 5.65 Å². The van der Waals surface area contributed by atoms with Gasteiger partial charge in [-0.2, -0.15) is 0 Å². The Morgan fingerprint density at radius 1 is 1.50 bits per heavy atom. The van der Waals surface area contributed by atoms with E-state index in [1.54, 1.807) is 7.11 Å². The lowest BCUT2D eigenvalue weighted by molar-refractivity contribution is 0.200. The maximum atomic E-state index is 6.24. The summed E-state index contributed by atoms with van der Waals surface area (Å²) >= 11 is 6.24. The van der Waals surface area contributed by atoms with Crippen molar-refractivity contribution >= 4 is 23.3 Å². The van der Waals surface area contributed by atoms with E-state index in [2.05, 4.69) is 23.3 Å². The SMILES string of the molecule is CCC(=Cc1c(Cl)nc2ccccn12)CNCCOC. The first-order chi connectivity index (χ1) is 9.76. The number of ether oxygens (including phenoxy) is 1. The number of fused-ring (bicyclic) bond motifs is 1. The Labute approximate surface area is 124 Å². The molecule has 2 aromatic rings. The van der Waals surface area contributed by atoms with E-state index in [9.17, 15) is 0 Å². The van der Waals surface area contributed by atoms with Crippen LogP contribution in [0.25, 0.3) is 11.7 Å². The van der Waals surface area contributed by atoms with Gasteiger partial charge in [-0.05, 0) is 24.6 Å². The third-order valence-corrected chi connectivity index (χ3v) is 3.43. The predicted molar refractivity (Wildman–Crippen MR) is 83.2 cm³/mol. The van der Waals surface area contributed by atoms with Gasteiger partial charge < -0.3 is 10.1 Å². The summed E-state index contributed by atoms with van der Waals surface area (Å²) in [5, 5.41) is 3.89. The Kier molecular flexibility index (Phi) is 5.59. The van der Waals surface area contributed by atoms with E-state index in [1.165, 1.54) is 5.57 Å². The molecule has 5 heteroatoms. The Balaban J connectivity index is 2.18. The molecular weight excluding hydrogens is 274 g/mol. The maximum Gasteiger partial charge on any atom is 0.155 e. The maximum absolute atomic E-state index is 6.24. The number of imidazole rings is 1. The molecule has 0 spiro atoms. The van der Waals surface area contributed by atoms with E-state index < -0.39 is 0 Å². The molecule has 0 bridgehead atoms.